The van der Waals surface area contributed by atoms with E-state index in [0.29, 0.717) is 12.2 Å². The third-order valence-electron chi connectivity index (χ3n) is 2.72. The predicted molar refractivity (Wildman–Crippen MR) is 71.7 cm³/mol. The van der Waals surface area contributed by atoms with Crippen LogP contribution in [0.15, 0.2) is 42.5 Å². The van der Waals surface area contributed by atoms with Gasteiger partial charge in [0.05, 0.1) is 12.0 Å². The van der Waals surface area contributed by atoms with Crippen molar-refractivity contribution in [1.29, 1.82) is 0 Å². The van der Waals surface area contributed by atoms with E-state index < -0.39 is 17.0 Å². The fourth-order valence-electron chi connectivity index (χ4n) is 1.76. The molecule has 0 N–H and O–H groups in total. The summed E-state index contributed by atoms with van der Waals surface area (Å²) in [6.45, 7) is 2.49. The lowest BCUT2D eigenvalue weighted by atomic mass is 10.0. The van der Waals surface area contributed by atoms with Gasteiger partial charge in [0.2, 0.25) is 0 Å². The summed E-state index contributed by atoms with van der Waals surface area (Å²) in [5.74, 6) is -1.02. The molecule has 100 valence electrons. The van der Waals surface area contributed by atoms with Crippen molar-refractivity contribution in [3.05, 3.63) is 65.2 Å². The zero-order valence-electron chi connectivity index (χ0n) is 10.4. The van der Waals surface area contributed by atoms with Crippen LogP contribution in [0.25, 0.3) is 0 Å². The van der Waals surface area contributed by atoms with Gasteiger partial charge >= 0.3 is 0 Å². The first-order valence-corrected chi connectivity index (χ1v) is 6.37. The number of rotatable bonds is 4. The normalized spacial score (nSPS) is 12.2. The quantitative estimate of drug-likeness (QED) is 0.739. The molecule has 0 saturated carbocycles. The molecule has 0 aromatic heterocycles. The second-order valence-corrected chi connectivity index (χ2v) is 4.47. The van der Waals surface area contributed by atoms with Crippen LogP contribution in [0.5, 0.6) is 5.75 Å². The molecule has 0 radical (unpaired) electrons. The van der Waals surface area contributed by atoms with Gasteiger partial charge in [-0.15, -0.1) is 11.6 Å². The minimum absolute atomic E-state index is 0.518. The summed E-state index contributed by atoms with van der Waals surface area (Å²) in [6, 6.07) is 10.9. The summed E-state index contributed by atoms with van der Waals surface area (Å²) in [7, 11) is 0. The highest BCUT2D eigenvalue weighted by atomic mass is 35.5. The van der Waals surface area contributed by atoms with Crippen LogP contribution < -0.4 is 4.74 Å². The van der Waals surface area contributed by atoms with Gasteiger partial charge in [0.1, 0.15) is 5.75 Å². The monoisotopic (exact) mass is 282 g/mol. The van der Waals surface area contributed by atoms with E-state index in [2.05, 4.69) is 0 Å². The Bertz CT molecular complexity index is 555. The summed E-state index contributed by atoms with van der Waals surface area (Å²) < 4.78 is 31.4. The molecule has 2 rings (SSSR count). The number of halogens is 3. The summed E-state index contributed by atoms with van der Waals surface area (Å²) in [5, 5.41) is -0.522. The predicted octanol–water partition coefficient (Wildman–Crippen LogP) is 4.69. The van der Waals surface area contributed by atoms with E-state index in [1.54, 1.807) is 12.1 Å². The average Bonchev–Trinajstić information content (AvgIpc) is 2.42. The molecule has 0 saturated heterocycles. The van der Waals surface area contributed by atoms with Gasteiger partial charge in [0.25, 0.3) is 0 Å². The van der Waals surface area contributed by atoms with Crippen molar-refractivity contribution >= 4 is 11.6 Å². The second-order valence-electron chi connectivity index (χ2n) is 4.04. The molecule has 1 unspecified atom stereocenters. The zero-order chi connectivity index (χ0) is 13.8. The molecular weight excluding hydrogens is 270 g/mol. The van der Waals surface area contributed by atoms with Crippen molar-refractivity contribution in [2.24, 2.45) is 0 Å². The minimum atomic E-state index is -0.894. The van der Waals surface area contributed by atoms with Crippen molar-refractivity contribution in [3.8, 4) is 5.75 Å². The molecule has 0 fully saturated rings. The SMILES string of the molecule is CCOc1ccc(C(Cl)c2ccc(F)c(F)c2)cc1. The highest BCUT2D eigenvalue weighted by molar-refractivity contribution is 6.22. The van der Waals surface area contributed by atoms with Crippen molar-refractivity contribution in [2.75, 3.05) is 6.61 Å². The van der Waals surface area contributed by atoms with Crippen LogP contribution in [0, 0.1) is 11.6 Å². The molecule has 0 heterocycles. The van der Waals surface area contributed by atoms with Gasteiger partial charge in [-0.25, -0.2) is 8.78 Å². The highest BCUT2D eigenvalue weighted by Gasteiger charge is 2.13. The van der Waals surface area contributed by atoms with Gasteiger partial charge in [-0.1, -0.05) is 18.2 Å². The molecule has 1 nitrogen and oxygen atoms in total. The van der Waals surface area contributed by atoms with Crippen molar-refractivity contribution in [3.63, 3.8) is 0 Å². The molecule has 0 spiro atoms. The van der Waals surface area contributed by atoms with Gasteiger partial charge in [0, 0.05) is 0 Å². The van der Waals surface area contributed by atoms with E-state index in [4.69, 9.17) is 16.3 Å². The molecule has 0 aliphatic rings. The van der Waals surface area contributed by atoms with Gasteiger partial charge < -0.3 is 4.74 Å². The summed E-state index contributed by atoms with van der Waals surface area (Å²) >= 11 is 6.26. The number of benzene rings is 2. The fraction of sp³-hybridized carbons (Fsp3) is 0.200. The lowest BCUT2D eigenvalue weighted by Gasteiger charge is -2.11. The topological polar surface area (TPSA) is 9.23 Å². The van der Waals surface area contributed by atoms with Crippen LogP contribution in [0.2, 0.25) is 0 Å². The standard InChI is InChI=1S/C15H13ClF2O/c1-2-19-12-6-3-10(4-7-12)15(16)11-5-8-13(17)14(18)9-11/h3-9,15H,2H2,1H3. The summed E-state index contributed by atoms with van der Waals surface area (Å²) in [4.78, 5) is 0. The molecule has 2 aromatic carbocycles. The highest BCUT2D eigenvalue weighted by Crippen LogP contribution is 2.30. The Labute approximate surface area is 115 Å². The summed E-state index contributed by atoms with van der Waals surface area (Å²) in [6.07, 6.45) is 0. The molecule has 0 amide bonds. The number of ether oxygens (including phenoxy) is 1. The van der Waals surface area contributed by atoms with E-state index in [-0.39, 0.29) is 0 Å². The van der Waals surface area contributed by atoms with E-state index in [1.807, 2.05) is 19.1 Å². The molecule has 0 bridgehead atoms. The number of hydrogen-bond donors (Lipinski definition) is 0. The zero-order valence-corrected chi connectivity index (χ0v) is 11.1. The molecule has 4 heteroatoms. The second kappa shape index (κ2) is 6.02. The first kappa shape index (κ1) is 13.8. The van der Waals surface area contributed by atoms with Crippen LogP contribution in [-0.2, 0) is 0 Å². The van der Waals surface area contributed by atoms with Gasteiger partial charge in [-0.05, 0) is 42.3 Å². The number of alkyl halides is 1. The Morgan fingerprint density at radius 3 is 2.21 bits per heavy atom. The minimum Gasteiger partial charge on any atom is -0.494 e. The Morgan fingerprint density at radius 2 is 1.63 bits per heavy atom. The average molecular weight is 283 g/mol. The smallest absolute Gasteiger partial charge is 0.159 e. The number of hydrogen-bond acceptors (Lipinski definition) is 1. The van der Waals surface area contributed by atoms with Crippen LogP contribution in [0.3, 0.4) is 0 Å². The fourth-order valence-corrected chi connectivity index (χ4v) is 2.04. The van der Waals surface area contributed by atoms with Crippen molar-refractivity contribution in [2.45, 2.75) is 12.3 Å². The van der Waals surface area contributed by atoms with Crippen LogP contribution in [-0.4, -0.2) is 6.61 Å². The maximum atomic E-state index is 13.2. The third kappa shape index (κ3) is 3.24. The van der Waals surface area contributed by atoms with E-state index in [0.717, 1.165) is 23.4 Å². The molecule has 0 aliphatic carbocycles. The lowest BCUT2D eigenvalue weighted by molar-refractivity contribution is 0.340. The first-order valence-electron chi connectivity index (χ1n) is 5.93. The van der Waals surface area contributed by atoms with E-state index in [9.17, 15) is 8.78 Å². The van der Waals surface area contributed by atoms with Crippen molar-refractivity contribution in [1.82, 2.24) is 0 Å². The molecule has 0 aliphatic heterocycles. The maximum absolute atomic E-state index is 13.2. The van der Waals surface area contributed by atoms with Gasteiger partial charge in [-0.3, -0.25) is 0 Å². The summed E-state index contributed by atoms with van der Waals surface area (Å²) in [5.41, 5.74) is 1.32. The Kier molecular flexibility index (Phi) is 4.38. The van der Waals surface area contributed by atoms with Crippen LogP contribution in [0.1, 0.15) is 23.4 Å². The molecule has 19 heavy (non-hydrogen) atoms. The maximum Gasteiger partial charge on any atom is 0.159 e. The largest absolute Gasteiger partial charge is 0.494 e. The Hall–Kier alpha value is -1.61. The molecule has 1 atom stereocenters. The van der Waals surface area contributed by atoms with Gasteiger partial charge in [-0.2, -0.15) is 0 Å². The van der Waals surface area contributed by atoms with Gasteiger partial charge in [0.15, 0.2) is 11.6 Å². The molecular formula is C15H13ClF2O. The lowest BCUT2D eigenvalue weighted by Crippen LogP contribution is -1.96. The van der Waals surface area contributed by atoms with E-state index in [1.165, 1.54) is 6.07 Å². The first-order chi connectivity index (χ1) is 9.11. The third-order valence-corrected chi connectivity index (χ3v) is 3.22. The van der Waals surface area contributed by atoms with Crippen LogP contribution >= 0.6 is 11.6 Å². The Balaban J connectivity index is 2.22. The van der Waals surface area contributed by atoms with E-state index >= 15 is 0 Å². The Morgan fingerprint density at radius 1 is 1.00 bits per heavy atom. The van der Waals surface area contributed by atoms with Crippen molar-refractivity contribution < 1.29 is 13.5 Å². The van der Waals surface area contributed by atoms with Crippen LogP contribution in [0.4, 0.5) is 8.78 Å². The molecule has 2 aromatic rings.